The Labute approximate surface area is 111 Å². The summed E-state index contributed by atoms with van der Waals surface area (Å²) in [5, 5.41) is 2.97. The van der Waals surface area contributed by atoms with Crippen LogP contribution < -0.4 is 5.32 Å². The van der Waals surface area contributed by atoms with E-state index in [4.69, 9.17) is 0 Å². The molecule has 0 atom stereocenters. The number of hydrogen-bond donors (Lipinski definition) is 1. The number of nitrogens with one attached hydrogen (secondary N) is 1. The van der Waals surface area contributed by atoms with E-state index in [1.165, 1.54) is 0 Å². The number of benzene rings is 1. The Morgan fingerprint density at radius 2 is 1.94 bits per heavy atom. The maximum absolute atomic E-state index is 12.3. The van der Waals surface area contributed by atoms with Crippen molar-refractivity contribution in [3.63, 3.8) is 0 Å². The van der Waals surface area contributed by atoms with Gasteiger partial charge in [0.15, 0.2) is 9.84 Å². The molecule has 102 valence electrons. The standard InChI is InChI=1S/C14H23NO2S/c1-11(2)13-7-6-12(3)14(10-13)18(16,17)9-5-8-15-4/h6-7,10-11,15H,5,8-9H2,1-4H3. The molecule has 0 aliphatic heterocycles. The average Bonchev–Trinajstić information content (AvgIpc) is 2.29. The molecule has 1 aromatic rings. The molecule has 0 aromatic heterocycles. The Hall–Kier alpha value is -0.870. The van der Waals surface area contributed by atoms with Gasteiger partial charge in [-0.3, -0.25) is 0 Å². The molecule has 0 saturated carbocycles. The molecule has 0 heterocycles. The summed E-state index contributed by atoms with van der Waals surface area (Å²) < 4.78 is 24.5. The SMILES string of the molecule is CNCCCS(=O)(=O)c1cc(C(C)C)ccc1C. The minimum atomic E-state index is -3.16. The zero-order valence-electron chi connectivity index (χ0n) is 11.7. The third-order valence-corrected chi connectivity index (χ3v) is 4.99. The first kappa shape index (κ1) is 15.2. The lowest BCUT2D eigenvalue weighted by Crippen LogP contribution is -2.15. The lowest BCUT2D eigenvalue weighted by molar-refractivity contribution is 0.591. The minimum absolute atomic E-state index is 0.205. The van der Waals surface area contributed by atoms with Crippen molar-refractivity contribution in [2.45, 2.75) is 38.0 Å². The van der Waals surface area contributed by atoms with Gasteiger partial charge in [-0.25, -0.2) is 8.42 Å². The van der Waals surface area contributed by atoms with E-state index in [1.807, 2.05) is 32.2 Å². The number of rotatable bonds is 6. The fraction of sp³-hybridized carbons (Fsp3) is 0.571. The smallest absolute Gasteiger partial charge is 0.178 e. The van der Waals surface area contributed by atoms with Crippen molar-refractivity contribution in [2.75, 3.05) is 19.3 Å². The molecule has 1 N–H and O–H groups in total. The van der Waals surface area contributed by atoms with Gasteiger partial charge in [-0.1, -0.05) is 26.0 Å². The van der Waals surface area contributed by atoms with Crippen LogP contribution in [0.25, 0.3) is 0 Å². The Balaban J connectivity index is 3.03. The summed E-state index contributed by atoms with van der Waals surface area (Å²) in [7, 11) is -1.33. The average molecular weight is 269 g/mol. The van der Waals surface area contributed by atoms with Crippen molar-refractivity contribution in [3.05, 3.63) is 29.3 Å². The van der Waals surface area contributed by atoms with Crippen molar-refractivity contribution >= 4 is 9.84 Å². The highest BCUT2D eigenvalue weighted by molar-refractivity contribution is 7.91. The van der Waals surface area contributed by atoms with Crippen molar-refractivity contribution in [1.82, 2.24) is 5.32 Å². The number of sulfone groups is 1. The third kappa shape index (κ3) is 3.82. The van der Waals surface area contributed by atoms with E-state index in [-0.39, 0.29) is 5.75 Å². The van der Waals surface area contributed by atoms with Crippen LogP contribution in [0.5, 0.6) is 0 Å². The van der Waals surface area contributed by atoms with Gasteiger partial charge >= 0.3 is 0 Å². The number of aryl methyl sites for hydroxylation is 1. The third-order valence-electron chi connectivity index (χ3n) is 3.05. The van der Waals surface area contributed by atoms with Gasteiger partial charge in [0, 0.05) is 0 Å². The zero-order valence-corrected chi connectivity index (χ0v) is 12.5. The predicted octanol–water partition coefficient (Wildman–Crippen LogP) is 2.50. The zero-order chi connectivity index (χ0) is 13.8. The maximum atomic E-state index is 12.3. The summed E-state index contributed by atoms with van der Waals surface area (Å²) in [6, 6.07) is 5.74. The Morgan fingerprint density at radius 1 is 1.28 bits per heavy atom. The van der Waals surface area contributed by atoms with Crippen LogP contribution in [0, 0.1) is 6.92 Å². The summed E-state index contributed by atoms with van der Waals surface area (Å²) in [5.74, 6) is 0.549. The lowest BCUT2D eigenvalue weighted by Gasteiger charge is -2.12. The van der Waals surface area contributed by atoms with Crippen molar-refractivity contribution in [2.24, 2.45) is 0 Å². The molecule has 0 bridgehead atoms. The van der Waals surface area contributed by atoms with E-state index >= 15 is 0 Å². The summed E-state index contributed by atoms with van der Waals surface area (Å²) in [6.07, 6.45) is 0.643. The van der Waals surface area contributed by atoms with Crippen LogP contribution in [0.1, 0.15) is 37.3 Å². The second kappa shape index (κ2) is 6.34. The molecule has 1 aromatic carbocycles. The summed E-state index contributed by atoms with van der Waals surface area (Å²) in [5.41, 5.74) is 1.91. The van der Waals surface area contributed by atoms with Crippen molar-refractivity contribution in [3.8, 4) is 0 Å². The largest absolute Gasteiger partial charge is 0.320 e. The van der Waals surface area contributed by atoms with Crippen LogP contribution in [0.3, 0.4) is 0 Å². The van der Waals surface area contributed by atoms with Gasteiger partial charge in [0.25, 0.3) is 0 Å². The van der Waals surface area contributed by atoms with E-state index in [0.717, 1.165) is 17.7 Å². The molecule has 1 rings (SSSR count). The molecule has 0 fully saturated rings. The second-order valence-electron chi connectivity index (χ2n) is 4.96. The van der Waals surface area contributed by atoms with Gasteiger partial charge in [0.05, 0.1) is 10.6 Å². The van der Waals surface area contributed by atoms with Crippen LogP contribution >= 0.6 is 0 Å². The Morgan fingerprint density at radius 3 is 2.50 bits per heavy atom. The quantitative estimate of drug-likeness (QED) is 0.807. The first-order valence-electron chi connectivity index (χ1n) is 6.36. The molecular formula is C14H23NO2S. The molecule has 0 amide bonds. The lowest BCUT2D eigenvalue weighted by atomic mass is 10.0. The molecule has 3 nitrogen and oxygen atoms in total. The normalized spacial score (nSPS) is 12.1. The van der Waals surface area contributed by atoms with Gasteiger partial charge in [-0.15, -0.1) is 0 Å². The highest BCUT2D eigenvalue weighted by Gasteiger charge is 2.17. The molecular weight excluding hydrogens is 246 g/mol. The summed E-state index contributed by atoms with van der Waals surface area (Å²) in [6.45, 7) is 6.72. The van der Waals surface area contributed by atoms with Crippen LogP contribution in [-0.2, 0) is 9.84 Å². The highest BCUT2D eigenvalue weighted by atomic mass is 32.2. The first-order chi connectivity index (χ1) is 8.38. The molecule has 0 saturated heterocycles. The Kier molecular flexibility index (Phi) is 5.35. The number of hydrogen-bond acceptors (Lipinski definition) is 3. The minimum Gasteiger partial charge on any atom is -0.320 e. The molecule has 0 radical (unpaired) electrons. The van der Waals surface area contributed by atoms with Crippen LogP contribution in [0.2, 0.25) is 0 Å². The molecule has 0 unspecified atom stereocenters. The van der Waals surface area contributed by atoms with Gasteiger partial charge in [0.2, 0.25) is 0 Å². The van der Waals surface area contributed by atoms with Crippen molar-refractivity contribution in [1.29, 1.82) is 0 Å². The van der Waals surface area contributed by atoms with Crippen LogP contribution in [0.15, 0.2) is 23.1 Å². The van der Waals surface area contributed by atoms with E-state index < -0.39 is 9.84 Å². The van der Waals surface area contributed by atoms with Crippen LogP contribution in [0.4, 0.5) is 0 Å². The topological polar surface area (TPSA) is 46.2 Å². The Bertz CT molecular complexity index is 493. The van der Waals surface area contributed by atoms with Crippen LogP contribution in [-0.4, -0.2) is 27.8 Å². The van der Waals surface area contributed by atoms with E-state index in [1.54, 1.807) is 0 Å². The summed E-state index contributed by atoms with van der Waals surface area (Å²) >= 11 is 0. The van der Waals surface area contributed by atoms with Crippen molar-refractivity contribution < 1.29 is 8.42 Å². The van der Waals surface area contributed by atoms with Gasteiger partial charge in [-0.2, -0.15) is 0 Å². The fourth-order valence-corrected chi connectivity index (χ4v) is 3.48. The molecule has 0 spiro atoms. The molecule has 0 aliphatic rings. The summed E-state index contributed by atoms with van der Waals surface area (Å²) in [4.78, 5) is 0.491. The second-order valence-corrected chi connectivity index (χ2v) is 7.03. The monoisotopic (exact) mass is 269 g/mol. The predicted molar refractivity (Wildman–Crippen MR) is 75.9 cm³/mol. The van der Waals surface area contributed by atoms with Gasteiger partial charge < -0.3 is 5.32 Å². The van der Waals surface area contributed by atoms with E-state index in [0.29, 0.717) is 17.2 Å². The first-order valence-corrected chi connectivity index (χ1v) is 8.01. The fourth-order valence-electron chi connectivity index (χ4n) is 1.86. The van der Waals surface area contributed by atoms with Gasteiger partial charge in [-0.05, 0) is 50.0 Å². The molecule has 4 heteroatoms. The van der Waals surface area contributed by atoms with Gasteiger partial charge in [0.1, 0.15) is 0 Å². The molecule has 18 heavy (non-hydrogen) atoms. The highest BCUT2D eigenvalue weighted by Crippen LogP contribution is 2.23. The molecule has 0 aliphatic carbocycles. The van der Waals surface area contributed by atoms with E-state index in [2.05, 4.69) is 19.2 Å². The maximum Gasteiger partial charge on any atom is 0.178 e. The van der Waals surface area contributed by atoms with E-state index in [9.17, 15) is 8.42 Å².